The maximum absolute atomic E-state index is 10.9. The Morgan fingerprint density at radius 2 is 2.31 bits per heavy atom. The van der Waals surface area contributed by atoms with Gasteiger partial charge in [0.2, 0.25) is 5.91 Å². The number of benzene rings is 1. The molecule has 0 saturated heterocycles. The third kappa shape index (κ3) is 1.99. The van der Waals surface area contributed by atoms with E-state index < -0.39 is 0 Å². The Bertz CT molecular complexity index is 550. The molecule has 5 heteroatoms. The molecule has 1 heterocycles. The first-order chi connectivity index (χ1) is 7.61. The smallest absolute Gasteiger partial charge is 0.221 e. The van der Waals surface area contributed by atoms with Crippen LogP contribution in [-0.4, -0.2) is 13.0 Å². The van der Waals surface area contributed by atoms with Crippen LogP contribution in [0, 0.1) is 0 Å². The Labute approximate surface area is 102 Å². The molecule has 16 heavy (non-hydrogen) atoms. The summed E-state index contributed by atoms with van der Waals surface area (Å²) in [6.07, 6.45) is 0.241. The van der Waals surface area contributed by atoms with Gasteiger partial charge in [0.05, 0.1) is 18.6 Å². The minimum Gasteiger partial charge on any atom is -0.495 e. The summed E-state index contributed by atoms with van der Waals surface area (Å²) in [5, 5.41) is 3.47. The number of rotatable bonds is 3. The number of halogens is 1. The van der Waals surface area contributed by atoms with Gasteiger partial charge >= 0.3 is 0 Å². The number of carbonyl (C=O) groups excluding carboxylic acids is 1. The van der Waals surface area contributed by atoms with Gasteiger partial charge in [0.1, 0.15) is 5.75 Å². The standard InChI is InChI=1S/C11H10ClNO2S/c1-15-9-3-7-6(2-11(13)14)5-16-10(7)4-8(9)12/h3-5H,2H2,1H3,(H2,13,14). The fraction of sp³-hybridized carbons (Fsp3) is 0.182. The van der Waals surface area contributed by atoms with Gasteiger partial charge in [-0.2, -0.15) is 0 Å². The first-order valence-corrected chi connectivity index (χ1v) is 5.89. The fourth-order valence-corrected chi connectivity index (χ4v) is 2.85. The highest BCUT2D eigenvalue weighted by atomic mass is 35.5. The summed E-state index contributed by atoms with van der Waals surface area (Å²) in [4.78, 5) is 10.9. The number of hydrogen-bond acceptors (Lipinski definition) is 3. The second-order valence-corrected chi connectivity index (χ2v) is 4.71. The Morgan fingerprint density at radius 3 is 2.94 bits per heavy atom. The summed E-state index contributed by atoms with van der Waals surface area (Å²) < 4.78 is 6.17. The van der Waals surface area contributed by atoms with Crippen molar-refractivity contribution < 1.29 is 9.53 Å². The molecule has 84 valence electrons. The molecule has 1 aromatic heterocycles. The molecule has 0 aliphatic carbocycles. The van der Waals surface area contributed by atoms with E-state index in [9.17, 15) is 4.79 Å². The van der Waals surface area contributed by atoms with E-state index in [0.29, 0.717) is 10.8 Å². The molecule has 3 nitrogen and oxygen atoms in total. The van der Waals surface area contributed by atoms with Gasteiger partial charge in [-0.05, 0) is 28.5 Å². The van der Waals surface area contributed by atoms with Crippen LogP contribution in [0.1, 0.15) is 5.56 Å². The van der Waals surface area contributed by atoms with Crippen molar-refractivity contribution in [2.45, 2.75) is 6.42 Å². The van der Waals surface area contributed by atoms with Crippen LogP contribution in [0.2, 0.25) is 5.02 Å². The van der Waals surface area contributed by atoms with E-state index >= 15 is 0 Å². The third-order valence-electron chi connectivity index (χ3n) is 2.29. The lowest BCUT2D eigenvalue weighted by molar-refractivity contribution is -0.117. The van der Waals surface area contributed by atoms with Gasteiger partial charge in [-0.3, -0.25) is 4.79 Å². The number of ether oxygens (including phenoxy) is 1. The molecule has 0 atom stereocenters. The highest BCUT2D eigenvalue weighted by Crippen LogP contribution is 2.35. The quantitative estimate of drug-likeness (QED) is 0.917. The van der Waals surface area contributed by atoms with E-state index in [1.165, 1.54) is 0 Å². The van der Waals surface area contributed by atoms with E-state index in [0.717, 1.165) is 15.6 Å². The number of fused-ring (bicyclic) bond motifs is 1. The van der Waals surface area contributed by atoms with Gasteiger partial charge < -0.3 is 10.5 Å². The highest BCUT2D eigenvalue weighted by Gasteiger charge is 2.10. The van der Waals surface area contributed by atoms with Crippen LogP contribution in [-0.2, 0) is 11.2 Å². The number of carbonyl (C=O) groups is 1. The second-order valence-electron chi connectivity index (χ2n) is 3.39. The van der Waals surface area contributed by atoms with Crippen LogP contribution in [0.15, 0.2) is 17.5 Å². The molecule has 0 bridgehead atoms. The zero-order valence-corrected chi connectivity index (χ0v) is 10.2. The molecule has 1 aromatic carbocycles. The molecule has 0 radical (unpaired) electrons. The molecule has 0 unspecified atom stereocenters. The predicted molar refractivity (Wildman–Crippen MR) is 66.3 cm³/mol. The molecule has 2 aromatic rings. The van der Waals surface area contributed by atoms with Gasteiger partial charge in [-0.25, -0.2) is 0 Å². The minimum absolute atomic E-state index is 0.241. The number of hydrogen-bond donors (Lipinski definition) is 1. The average molecular weight is 256 g/mol. The molecule has 0 aliphatic rings. The lowest BCUT2D eigenvalue weighted by atomic mass is 10.1. The van der Waals surface area contributed by atoms with Crippen LogP contribution >= 0.6 is 22.9 Å². The zero-order valence-electron chi connectivity index (χ0n) is 8.62. The number of nitrogens with two attached hydrogens (primary N) is 1. The van der Waals surface area contributed by atoms with E-state index in [4.69, 9.17) is 22.1 Å². The Morgan fingerprint density at radius 1 is 1.56 bits per heavy atom. The fourth-order valence-electron chi connectivity index (χ4n) is 1.56. The van der Waals surface area contributed by atoms with Gasteiger partial charge in [0.15, 0.2) is 0 Å². The second kappa shape index (κ2) is 4.31. The van der Waals surface area contributed by atoms with Crippen molar-refractivity contribution in [1.29, 1.82) is 0 Å². The molecular formula is C11H10ClNO2S. The van der Waals surface area contributed by atoms with Crippen molar-refractivity contribution in [2.24, 2.45) is 5.73 Å². The van der Waals surface area contributed by atoms with Crippen LogP contribution < -0.4 is 10.5 Å². The van der Waals surface area contributed by atoms with E-state index in [1.807, 2.05) is 17.5 Å². The molecule has 0 aliphatic heterocycles. The van der Waals surface area contributed by atoms with E-state index in [1.54, 1.807) is 18.4 Å². The molecule has 2 rings (SSSR count). The van der Waals surface area contributed by atoms with Gasteiger partial charge in [-0.15, -0.1) is 11.3 Å². The Balaban J connectivity index is 2.57. The zero-order chi connectivity index (χ0) is 11.7. The Hall–Kier alpha value is -1.26. The normalized spacial score (nSPS) is 10.6. The van der Waals surface area contributed by atoms with Crippen molar-refractivity contribution in [1.82, 2.24) is 0 Å². The summed E-state index contributed by atoms with van der Waals surface area (Å²) in [6, 6.07) is 3.68. The molecule has 1 amide bonds. The van der Waals surface area contributed by atoms with Crippen molar-refractivity contribution in [3.63, 3.8) is 0 Å². The Kier molecular flexibility index (Phi) is 3.03. The topological polar surface area (TPSA) is 52.3 Å². The minimum atomic E-state index is -0.339. The maximum Gasteiger partial charge on any atom is 0.221 e. The largest absolute Gasteiger partial charge is 0.495 e. The molecule has 0 saturated carbocycles. The molecule has 0 spiro atoms. The summed E-state index contributed by atoms with van der Waals surface area (Å²) in [6.45, 7) is 0. The monoisotopic (exact) mass is 255 g/mol. The first-order valence-electron chi connectivity index (χ1n) is 4.63. The van der Waals surface area contributed by atoms with E-state index in [-0.39, 0.29) is 12.3 Å². The predicted octanol–water partition coefficient (Wildman–Crippen LogP) is 2.59. The van der Waals surface area contributed by atoms with Crippen molar-refractivity contribution in [3.05, 3.63) is 28.1 Å². The van der Waals surface area contributed by atoms with Gasteiger partial charge in [0.25, 0.3) is 0 Å². The number of primary amides is 1. The number of methoxy groups -OCH3 is 1. The third-order valence-corrected chi connectivity index (χ3v) is 3.58. The molecule has 0 fully saturated rings. The summed E-state index contributed by atoms with van der Waals surface area (Å²) >= 11 is 7.55. The van der Waals surface area contributed by atoms with Crippen molar-refractivity contribution in [3.8, 4) is 5.75 Å². The summed E-state index contributed by atoms with van der Waals surface area (Å²) in [5.74, 6) is 0.270. The first kappa shape index (κ1) is 11.2. The van der Waals surface area contributed by atoms with Crippen LogP contribution in [0.5, 0.6) is 5.75 Å². The van der Waals surface area contributed by atoms with Crippen LogP contribution in [0.4, 0.5) is 0 Å². The van der Waals surface area contributed by atoms with Gasteiger partial charge in [0, 0.05) is 4.70 Å². The molecule has 2 N–H and O–H groups in total. The maximum atomic E-state index is 10.9. The van der Waals surface area contributed by atoms with Crippen LogP contribution in [0.3, 0.4) is 0 Å². The van der Waals surface area contributed by atoms with E-state index in [2.05, 4.69) is 0 Å². The van der Waals surface area contributed by atoms with Crippen molar-refractivity contribution in [2.75, 3.05) is 7.11 Å². The number of thiophene rings is 1. The lowest BCUT2D eigenvalue weighted by Crippen LogP contribution is -2.13. The highest BCUT2D eigenvalue weighted by molar-refractivity contribution is 7.17. The van der Waals surface area contributed by atoms with Crippen molar-refractivity contribution >= 4 is 38.9 Å². The average Bonchev–Trinajstić information content (AvgIpc) is 2.59. The summed E-state index contributed by atoms with van der Waals surface area (Å²) in [5.41, 5.74) is 6.10. The SMILES string of the molecule is COc1cc2c(CC(N)=O)csc2cc1Cl. The van der Waals surface area contributed by atoms with Gasteiger partial charge in [-0.1, -0.05) is 11.6 Å². The number of amides is 1. The lowest BCUT2D eigenvalue weighted by Gasteiger charge is -2.03. The molecular weight excluding hydrogens is 246 g/mol. The van der Waals surface area contributed by atoms with Crippen LogP contribution in [0.25, 0.3) is 10.1 Å². The summed E-state index contributed by atoms with van der Waals surface area (Å²) in [7, 11) is 1.56.